The number of anilines is 1. The summed E-state index contributed by atoms with van der Waals surface area (Å²) in [6.07, 6.45) is 3.20. The molecule has 4 rings (SSSR count). The fourth-order valence-corrected chi connectivity index (χ4v) is 4.67. The van der Waals surface area contributed by atoms with Crippen molar-refractivity contribution in [2.45, 2.75) is 31.1 Å². The number of sulfonamides is 1. The van der Waals surface area contributed by atoms with Crippen molar-refractivity contribution >= 4 is 32.5 Å². The molecule has 0 saturated heterocycles. The number of fused-ring (bicyclic) bond motifs is 1. The van der Waals surface area contributed by atoms with Crippen LogP contribution in [0.3, 0.4) is 0 Å². The van der Waals surface area contributed by atoms with Gasteiger partial charge in [0.15, 0.2) is 0 Å². The lowest BCUT2D eigenvalue weighted by molar-refractivity contribution is 0.0977. The Morgan fingerprint density at radius 2 is 1.88 bits per heavy atom. The quantitative estimate of drug-likeness (QED) is 0.449. The van der Waals surface area contributed by atoms with Crippen LogP contribution in [0, 0.1) is 0 Å². The molecule has 1 amide bonds. The molecule has 3 N–H and O–H groups in total. The molecule has 0 saturated carbocycles. The van der Waals surface area contributed by atoms with E-state index in [9.17, 15) is 13.2 Å². The topological polar surface area (TPSA) is 129 Å². The Morgan fingerprint density at radius 3 is 2.53 bits per heavy atom. The molecule has 0 bridgehead atoms. The molecule has 2 heterocycles. The number of nitrogens with two attached hydrogens (primary N) is 1. The maximum absolute atomic E-state index is 13.1. The lowest BCUT2D eigenvalue weighted by Gasteiger charge is -2.21. The van der Waals surface area contributed by atoms with Crippen LogP contribution in [-0.4, -0.2) is 36.2 Å². The Labute approximate surface area is 197 Å². The Morgan fingerprint density at radius 1 is 1.12 bits per heavy atom. The van der Waals surface area contributed by atoms with Gasteiger partial charge in [-0.1, -0.05) is 32.9 Å². The van der Waals surface area contributed by atoms with E-state index in [0.717, 1.165) is 16.6 Å². The van der Waals surface area contributed by atoms with E-state index in [1.807, 2.05) is 26.8 Å². The third kappa shape index (κ3) is 4.44. The number of hydrogen-bond donors (Lipinski definition) is 2. The van der Waals surface area contributed by atoms with Crippen molar-refractivity contribution in [1.82, 2.24) is 19.5 Å². The van der Waals surface area contributed by atoms with Gasteiger partial charge in [0.2, 0.25) is 0 Å². The molecule has 34 heavy (non-hydrogen) atoms. The molecule has 0 spiro atoms. The van der Waals surface area contributed by atoms with Crippen LogP contribution in [0.4, 0.5) is 5.69 Å². The summed E-state index contributed by atoms with van der Waals surface area (Å²) in [7, 11) is -2.85. The SMILES string of the molecule is COc1ccc(C(C)(C)C)cc1S(=O)(=O)NC(=O)c1ccc2c(-n3cc(N)cn3)cccc2n1. The maximum Gasteiger partial charge on any atom is 0.283 e. The van der Waals surface area contributed by atoms with Crippen molar-refractivity contribution in [3.63, 3.8) is 0 Å². The minimum atomic E-state index is -4.23. The molecule has 4 aromatic rings. The van der Waals surface area contributed by atoms with E-state index < -0.39 is 15.9 Å². The summed E-state index contributed by atoms with van der Waals surface area (Å²) in [5, 5.41) is 4.94. The predicted molar refractivity (Wildman–Crippen MR) is 130 cm³/mol. The number of nitrogens with one attached hydrogen (secondary N) is 1. The number of ether oxygens (including phenoxy) is 1. The highest BCUT2D eigenvalue weighted by molar-refractivity contribution is 7.90. The number of aromatic nitrogens is 3. The van der Waals surface area contributed by atoms with E-state index in [0.29, 0.717) is 11.2 Å². The van der Waals surface area contributed by atoms with E-state index in [2.05, 4.69) is 14.8 Å². The van der Waals surface area contributed by atoms with Gasteiger partial charge in [-0.05, 0) is 47.4 Å². The number of carbonyl (C=O) groups is 1. The largest absolute Gasteiger partial charge is 0.495 e. The first-order chi connectivity index (χ1) is 16.0. The molecule has 0 aliphatic heterocycles. The smallest absolute Gasteiger partial charge is 0.283 e. The van der Waals surface area contributed by atoms with Crippen molar-refractivity contribution in [2.24, 2.45) is 0 Å². The zero-order chi connectivity index (χ0) is 24.7. The van der Waals surface area contributed by atoms with Gasteiger partial charge in [0, 0.05) is 5.39 Å². The lowest BCUT2D eigenvalue weighted by Crippen LogP contribution is -2.31. The van der Waals surface area contributed by atoms with Crippen molar-refractivity contribution in [3.8, 4) is 11.4 Å². The number of nitrogens with zero attached hydrogens (tertiary/aromatic N) is 3. The fourth-order valence-electron chi connectivity index (χ4n) is 3.52. The normalized spacial score (nSPS) is 12.0. The first kappa shape index (κ1) is 23.2. The minimum Gasteiger partial charge on any atom is -0.495 e. The van der Waals surface area contributed by atoms with Gasteiger partial charge in [-0.15, -0.1) is 0 Å². The van der Waals surface area contributed by atoms with Crippen LogP contribution < -0.4 is 15.2 Å². The van der Waals surface area contributed by atoms with Crippen molar-refractivity contribution in [3.05, 3.63) is 72.2 Å². The zero-order valence-corrected chi connectivity index (χ0v) is 20.1. The van der Waals surface area contributed by atoms with Gasteiger partial charge in [-0.25, -0.2) is 22.8 Å². The molecule has 0 aliphatic rings. The molecule has 0 unspecified atom stereocenters. The minimum absolute atomic E-state index is 0.0425. The maximum atomic E-state index is 13.1. The lowest BCUT2D eigenvalue weighted by atomic mass is 9.87. The number of hydrogen-bond acceptors (Lipinski definition) is 7. The summed E-state index contributed by atoms with van der Waals surface area (Å²) < 4.78 is 35.2. The molecular formula is C24H25N5O4S. The first-order valence-electron chi connectivity index (χ1n) is 10.5. The van der Waals surface area contributed by atoms with E-state index in [-0.39, 0.29) is 21.8 Å². The van der Waals surface area contributed by atoms with Crippen LogP contribution in [0.5, 0.6) is 5.75 Å². The van der Waals surface area contributed by atoms with Crippen molar-refractivity contribution < 1.29 is 17.9 Å². The fraction of sp³-hybridized carbons (Fsp3) is 0.208. The number of carbonyl (C=O) groups excluding carboxylic acids is 1. The van der Waals surface area contributed by atoms with Crippen LogP contribution >= 0.6 is 0 Å². The molecule has 0 aliphatic carbocycles. The second kappa shape index (κ2) is 8.45. The summed E-state index contributed by atoms with van der Waals surface area (Å²) >= 11 is 0. The molecule has 10 heteroatoms. The van der Waals surface area contributed by atoms with Crippen molar-refractivity contribution in [2.75, 3.05) is 12.8 Å². The number of amides is 1. The monoisotopic (exact) mass is 479 g/mol. The van der Waals surface area contributed by atoms with E-state index in [1.165, 1.54) is 25.4 Å². The molecule has 2 aromatic carbocycles. The summed E-state index contributed by atoms with van der Waals surface area (Å²) in [6.45, 7) is 5.90. The summed E-state index contributed by atoms with van der Waals surface area (Å²) in [5.41, 5.74) is 7.96. The van der Waals surface area contributed by atoms with Gasteiger partial charge in [0.25, 0.3) is 15.9 Å². The Kier molecular flexibility index (Phi) is 5.78. The number of pyridine rings is 1. The third-order valence-electron chi connectivity index (χ3n) is 5.34. The summed E-state index contributed by atoms with van der Waals surface area (Å²) in [5.74, 6) is -0.707. The molecule has 9 nitrogen and oxygen atoms in total. The molecular weight excluding hydrogens is 454 g/mol. The average Bonchev–Trinajstić information content (AvgIpc) is 3.23. The Bertz CT molecular complexity index is 1500. The molecule has 0 fully saturated rings. The highest BCUT2D eigenvalue weighted by atomic mass is 32.2. The summed E-state index contributed by atoms with van der Waals surface area (Å²) in [4.78, 5) is 17.1. The van der Waals surface area contributed by atoms with E-state index >= 15 is 0 Å². The van der Waals surface area contributed by atoms with Crippen LogP contribution in [0.2, 0.25) is 0 Å². The van der Waals surface area contributed by atoms with Gasteiger partial charge in [-0.2, -0.15) is 5.10 Å². The predicted octanol–water partition coefficient (Wildman–Crippen LogP) is 3.43. The average molecular weight is 480 g/mol. The van der Waals surface area contributed by atoms with Crippen molar-refractivity contribution in [1.29, 1.82) is 0 Å². The molecule has 0 radical (unpaired) electrons. The molecule has 176 valence electrons. The van der Waals surface area contributed by atoms with Gasteiger partial charge in [-0.3, -0.25) is 4.79 Å². The second-order valence-corrected chi connectivity index (χ2v) is 10.5. The highest BCUT2D eigenvalue weighted by Gasteiger charge is 2.26. The second-order valence-electron chi connectivity index (χ2n) is 8.81. The Balaban J connectivity index is 1.68. The van der Waals surface area contributed by atoms with Gasteiger partial charge >= 0.3 is 0 Å². The summed E-state index contributed by atoms with van der Waals surface area (Å²) in [6, 6.07) is 13.4. The number of methoxy groups -OCH3 is 1. The van der Waals surface area contributed by atoms with E-state index in [4.69, 9.17) is 10.5 Å². The van der Waals surface area contributed by atoms with Gasteiger partial charge in [0.05, 0.1) is 36.4 Å². The van der Waals surface area contributed by atoms with Gasteiger partial charge < -0.3 is 10.5 Å². The zero-order valence-electron chi connectivity index (χ0n) is 19.2. The van der Waals surface area contributed by atoms with Crippen LogP contribution in [0.15, 0.2) is 65.8 Å². The van der Waals surface area contributed by atoms with E-state index in [1.54, 1.807) is 41.2 Å². The molecule has 2 aromatic heterocycles. The van der Waals surface area contributed by atoms with Crippen LogP contribution in [-0.2, 0) is 15.4 Å². The number of benzene rings is 2. The Hall–Kier alpha value is -3.92. The molecule has 0 atom stereocenters. The standard InChI is InChI=1S/C24H25N5O4S/c1-24(2,3)15-8-11-21(33-4)22(12-15)34(31,32)28-23(30)19-10-9-17-18(27-19)6-5-7-20(17)29-14-16(25)13-26-29/h5-14H,25H2,1-4H3,(H,28,30). The van der Waals surface area contributed by atoms with Gasteiger partial charge in [0.1, 0.15) is 16.3 Å². The first-order valence-corrected chi connectivity index (χ1v) is 11.9. The van der Waals surface area contributed by atoms with Crippen LogP contribution in [0.25, 0.3) is 16.6 Å². The number of rotatable bonds is 5. The third-order valence-corrected chi connectivity index (χ3v) is 6.69. The van der Waals surface area contributed by atoms with Crippen LogP contribution in [0.1, 0.15) is 36.8 Å². The highest BCUT2D eigenvalue weighted by Crippen LogP contribution is 2.31. The number of nitrogen functional groups attached to an aromatic ring is 1.